The van der Waals surface area contributed by atoms with Crippen molar-refractivity contribution in [3.63, 3.8) is 0 Å². The van der Waals surface area contributed by atoms with Crippen LogP contribution < -0.4 is 9.47 Å². The Morgan fingerprint density at radius 2 is 2.04 bits per heavy atom. The molecule has 1 aliphatic rings. The van der Waals surface area contributed by atoms with Crippen LogP contribution in [0.2, 0.25) is 0 Å². The quantitative estimate of drug-likeness (QED) is 0.436. The van der Waals surface area contributed by atoms with Crippen LogP contribution in [-0.2, 0) is 0 Å². The number of hydrogen-bond donors (Lipinski definition) is 1. The molecule has 3 aromatic rings. The van der Waals surface area contributed by atoms with Gasteiger partial charge in [-0.2, -0.15) is 0 Å². The summed E-state index contributed by atoms with van der Waals surface area (Å²) in [6.07, 6.45) is 9.30. The molecule has 0 spiro atoms. The number of fused-ring (bicyclic) bond motifs is 5. The minimum absolute atomic E-state index is 0.318. The molecule has 144 valence electrons. The summed E-state index contributed by atoms with van der Waals surface area (Å²) in [7, 11) is 1.62. The highest BCUT2D eigenvalue weighted by atomic mass is 16.5. The van der Waals surface area contributed by atoms with Crippen molar-refractivity contribution in [2.45, 2.75) is 39.2 Å². The summed E-state index contributed by atoms with van der Waals surface area (Å²) in [5, 5.41) is 2.03. The largest absolute Gasteiger partial charge is 0.495 e. The summed E-state index contributed by atoms with van der Waals surface area (Å²) < 4.78 is 11.9. The predicted molar refractivity (Wildman–Crippen MR) is 114 cm³/mol. The van der Waals surface area contributed by atoms with Crippen LogP contribution in [0.25, 0.3) is 27.9 Å². The van der Waals surface area contributed by atoms with Gasteiger partial charge in [-0.05, 0) is 70.0 Å². The highest BCUT2D eigenvalue weighted by molar-refractivity contribution is 6.13. The number of nitrogens with one attached hydrogen (secondary N) is 1. The lowest BCUT2D eigenvalue weighted by molar-refractivity contribution is 0.112. The lowest BCUT2D eigenvalue weighted by Gasteiger charge is -2.31. The Morgan fingerprint density at radius 3 is 2.75 bits per heavy atom. The molecule has 1 unspecified atom stereocenters. The van der Waals surface area contributed by atoms with Gasteiger partial charge in [-0.15, -0.1) is 0 Å². The summed E-state index contributed by atoms with van der Waals surface area (Å²) in [6.45, 7) is 6.36. The van der Waals surface area contributed by atoms with Gasteiger partial charge in [0.05, 0.1) is 18.1 Å². The molecule has 2 aromatic carbocycles. The topological polar surface area (TPSA) is 51.3 Å². The zero-order valence-corrected chi connectivity index (χ0v) is 16.8. The third kappa shape index (κ3) is 3.09. The van der Waals surface area contributed by atoms with Crippen LogP contribution >= 0.6 is 0 Å². The molecular weight excluding hydrogens is 350 g/mol. The number of H-pyrrole nitrogens is 1. The molecule has 2 heterocycles. The molecule has 4 heteroatoms. The monoisotopic (exact) mass is 375 g/mol. The van der Waals surface area contributed by atoms with E-state index in [9.17, 15) is 4.79 Å². The minimum atomic E-state index is -0.318. The maximum Gasteiger partial charge on any atom is 0.150 e. The first-order valence-electron chi connectivity index (χ1n) is 9.57. The van der Waals surface area contributed by atoms with Crippen molar-refractivity contribution in [1.82, 2.24) is 4.98 Å². The third-order valence-corrected chi connectivity index (χ3v) is 5.37. The van der Waals surface area contributed by atoms with Gasteiger partial charge < -0.3 is 14.5 Å². The van der Waals surface area contributed by atoms with E-state index in [1.807, 2.05) is 12.1 Å². The number of ether oxygens (including phenoxy) is 2. The average molecular weight is 375 g/mol. The van der Waals surface area contributed by atoms with Crippen LogP contribution in [0, 0.1) is 0 Å². The minimum Gasteiger partial charge on any atom is -0.495 e. The summed E-state index contributed by atoms with van der Waals surface area (Å²) >= 11 is 0. The number of methoxy groups -OCH3 is 1. The van der Waals surface area contributed by atoms with Gasteiger partial charge in [-0.25, -0.2) is 0 Å². The lowest BCUT2D eigenvalue weighted by atomic mass is 9.94. The molecule has 28 heavy (non-hydrogen) atoms. The lowest BCUT2D eigenvalue weighted by Crippen LogP contribution is -2.31. The van der Waals surface area contributed by atoms with Gasteiger partial charge in [0.15, 0.2) is 0 Å². The predicted octanol–water partition coefficient (Wildman–Crippen LogP) is 6.05. The van der Waals surface area contributed by atoms with E-state index in [4.69, 9.17) is 9.47 Å². The van der Waals surface area contributed by atoms with Crippen molar-refractivity contribution in [2.24, 2.45) is 0 Å². The number of aromatic nitrogens is 1. The standard InChI is InChI=1S/C24H25NO3/c1-15(2)6-5-10-24(3)11-9-18-20(28-24)8-7-17-19-12-16(14-26)13-21(27-4)23(19)25-22(17)18/h6-9,11-14,25H,5,10H2,1-4H3. The molecule has 1 atom stereocenters. The van der Waals surface area contributed by atoms with Crippen molar-refractivity contribution in [2.75, 3.05) is 7.11 Å². The van der Waals surface area contributed by atoms with E-state index in [1.54, 1.807) is 13.2 Å². The van der Waals surface area contributed by atoms with Gasteiger partial charge in [0.25, 0.3) is 0 Å². The second-order valence-electron chi connectivity index (χ2n) is 7.86. The third-order valence-electron chi connectivity index (χ3n) is 5.37. The first kappa shape index (κ1) is 18.4. The van der Waals surface area contributed by atoms with Crippen molar-refractivity contribution in [3.8, 4) is 11.5 Å². The maximum atomic E-state index is 11.3. The summed E-state index contributed by atoms with van der Waals surface area (Å²) in [5.41, 5.74) is 4.52. The van der Waals surface area contributed by atoms with E-state index in [1.165, 1.54) is 5.57 Å². The van der Waals surface area contributed by atoms with Crippen molar-refractivity contribution in [1.29, 1.82) is 0 Å². The van der Waals surface area contributed by atoms with E-state index in [2.05, 4.69) is 50.0 Å². The van der Waals surface area contributed by atoms with E-state index in [0.717, 1.165) is 52.2 Å². The van der Waals surface area contributed by atoms with Gasteiger partial charge in [-0.3, -0.25) is 4.79 Å². The van der Waals surface area contributed by atoms with Crippen LogP contribution in [0.15, 0.2) is 42.0 Å². The normalized spacial score (nSPS) is 18.0. The molecule has 0 aliphatic carbocycles. The van der Waals surface area contributed by atoms with Crippen molar-refractivity contribution >= 4 is 34.2 Å². The number of hydrogen-bond acceptors (Lipinski definition) is 3. The fourth-order valence-electron chi connectivity index (χ4n) is 3.87. The Morgan fingerprint density at radius 1 is 1.21 bits per heavy atom. The van der Waals surface area contributed by atoms with E-state index < -0.39 is 0 Å². The Labute approximate surface area is 164 Å². The Hall–Kier alpha value is -3.01. The van der Waals surface area contributed by atoms with Gasteiger partial charge in [0.2, 0.25) is 0 Å². The molecule has 1 aliphatic heterocycles. The van der Waals surface area contributed by atoms with E-state index >= 15 is 0 Å². The highest BCUT2D eigenvalue weighted by Crippen LogP contribution is 2.41. The number of aldehydes is 1. The van der Waals surface area contributed by atoms with Crippen LogP contribution in [0.4, 0.5) is 0 Å². The zero-order valence-electron chi connectivity index (χ0n) is 16.8. The van der Waals surface area contributed by atoms with Crippen LogP contribution in [0.3, 0.4) is 0 Å². The summed E-state index contributed by atoms with van der Waals surface area (Å²) in [4.78, 5) is 14.8. The molecule has 0 bridgehead atoms. The first-order chi connectivity index (χ1) is 13.4. The first-order valence-corrected chi connectivity index (χ1v) is 9.57. The number of carbonyl (C=O) groups excluding carboxylic acids is 1. The van der Waals surface area contributed by atoms with Crippen molar-refractivity contribution in [3.05, 3.63) is 53.1 Å². The molecule has 0 amide bonds. The molecule has 1 aromatic heterocycles. The highest BCUT2D eigenvalue weighted by Gasteiger charge is 2.28. The molecule has 4 nitrogen and oxygen atoms in total. The fourth-order valence-corrected chi connectivity index (χ4v) is 3.87. The fraction of sp³-hybridized carbons (Fsp3) is 0.292. The number of benzene rings is 2. The van der Waals surface area contributed by atoms with Gasteiger partial charge in [0.1, 0.15) is 23.4 Å². The number of allylic oxidation sites excluding steroid dienone is 2. The molecule has 0 saturated heterocycles. The second-order valence-corrected chi connectivity index (χ2v) is 7.86. The molecule has 0 fully saturated rings. The number of aromatic amines is 1. The van der Waals surface area contributed by atoms with Crippen LogP contribution in [-0.4, -0.2) is 24.0 Å². The second kappa shape index (κ2) is 6.86. The number of rotatable bonds is 5. The van der Waals surface area contributed by atoms with E-state index in [-0.39, 0.29) is 5.60 Å². The summed E-state index contributed by atoms with van der Waals surface area (Å²) in [5.74, 6) is 1.53. The smallest absolute Gasteiger partial charge is 0.150 e. The van der Waals surface area contributed by atoms with Gasteiger partial charge in [-0.1, -0.05) is 11.6 Å². The molecule has 1 N–H and O–H groups in total. The van der Waals surface area contributed by atoms with E-state index in [0.29, 0.717) is 11.3 Å². The molecule has 0 radical (unpaired) electrons. The van der Waals surface area contributed by atoms with Gasteiger partial charge in [0, 0.05) is 21.9 Å². The maximum absolute atomic E-state index is 11.3. The average Bonchev–Trinajstić information content (AvgIpc) is 3.05. The Bertz CT molecular complexity index is 1130. The molecular formula is C24H25NO3. The Kier molecular flexibility index (Phi) is 4.50. The molecule has 4 rings (SSSR count). The number of carbonyl (C=O) groups is 1. The van der Waals surface area contributed by atoms with Crippen LogP contribution in [0.1, 0.15) is 49.5 Å². The van der Waals surface area contributed by atoms with Crippen LogP contribution in [0.5, 0.6) is 11.5 Å². The van der Waals surface area contributed by atoms with Crippen molar-refractivity contribution < 1.29 is 14.3 Å². The van der Waals surface area contributed by atoms with Gasteiger partial charge >= 0.3 is 0 Å². The zero-order chi connectivity index (χ0) is 19.9. The SMILES string of the molecule is COc1cc(C=O)cc2c1[nH]c1c3c(ccc12)OC(C)(CCC=C(C)C)C=C3. The summed E-state index contributed by atoms with van der Waals surface area (Å²) in [6, 6.07) is 7.72. The molecule has 0 saturated carbocycles. The Balaban J connectivity index is 1.80.